The van der Waals surface area contributed by atoms with E-state index in [0.29, 0.717) is 5.92 Å². The van der Waals surface area contributed by atoms with Crippen LogP contribution in [0.2, 0.25) is 0 Å². The second-order valence-corrected chi connectivity index (χ2v) is 16.1. The Balaban J connectivity index is 1.16. The minimum absolute atomic E-state index is 0.0115. The number of methoxy groups -OCH3 is 1. The van der Waals surface area contributed by atoms with Crippen molar-refractivity contribution in [1.29, 1.82) is 0 Å². The van der Waals surface area contributed by atoms with E-state index >= 15 is 0 Å². The molecule has 2 aliphatic rings. The van der Waals surface area contributed by atoms with Crippen LogP contribution in [0.3, 0.4) is 0 Å². The first-order chi connectivity index (χ1) is 23.7. The quantitative estimate of drug-likeness (QED) is 0.102. The number of likely N-dealkylation sites (tertiary alicyclic amines) is 1. The summed E-state index contributed by atoms with van der Waals surface area (Å²) in [7, 11) is 10.0. The van der Waals surface area contributed by atoms with E-state index < -0.39 is 0 Å². The van der Waals surface area contributed by atoms with Crippen molar-refractivity contribution in [3.63, 3.8) is 0 Å². The fourth-order valence-corrected chi connectivity index (χ4v) is 9.02. The SMILES string of the molecule is CCC1=C(C(=O)OC)C(c2ccc(CC)c(P)c2)CC(CCCCCCN2CCC(c3ccc(P)cc3)(c3ccc(P)cc3)CC2)C(C)=N1. The minimum Gasteiger partial charge on any atom is -0.466 e. The lowest BCUT2D eigenvalue weighted by atomic mass is 9.68. The van der Waals surface area contributed by atoms with Gasteiger partial charge in [0, 0.05) is 17.0 Å². The van der Waals surface area contributed by atoms with Gasteiger partial charge in [0.25, 0.3) is 0 Å². The zero-order chi connectivity index (χ0) is 35.0. The number of hydrogen-bond donors (Lipinski definition) is 0. The number of esters is 1. The molecule has 1 saturated heterocycles. The number of benzene rings is 3. The molecule has 0 amide bonds. The summed E-state index contributed by atoms with van der Waals surface area (Å²) in [4.78, 5) is 21.0. The number of piperidine rings is 1. The highest BCUT2D eigenvalue weighted by molar-refractivity contribution is 7.27. The first-order valence-corrected chi connectivity index (χ1v) is 20.1. The lowest BCUT2D eigenvalue weighted by molar-refractivity contribution is -0.136. The number of unbranched alkanes of at least 4 members (excludes halogenated alkanes) is 3. The highest BCUT2D eigenvalue weighted by atomic mass is 31.0. The van der Waals surface area contributed by atoms with Gasteiger partial charge in [0.15, 0.2) is 0 Å². The van der Waals surface area contributed by atoms with Crippen molar-refractivity contribution in [3.05, 3.63) is 100 Å². The van der Waals surface area contributed by atoms with Crippen molar-refractivity contribution in [1.82, 2.24) is 4.90 Å². The topological polar surface area (TPSA) is 41.9 Å². The second-order valence-electron chi connectivity index (χ2n) is 14.1. The van der Waals surface area contributed by atoms with Crippen LogP contribution in [0, 0.1) is 5.92 Å². The molecule has 262 valence electrons. The van der Waals surface area contributed by atoms with Crippen LogP contribution in [-0.4, -0.2) is 43.3 Å². The maximum absolute atomic E-state index is 13.2. The van der Waals surface area contributed by atoms with Gasteiger partial charge in [0.2, 0.25) is 0 Å². The van der Waals surface area contributed by atoms with Crippen LogP contribution in [0.15, 0.2) is 83.0 Å². The average molecular weight is 715 g/mol. The maximum atomic E-state index is 13.2. The number of aliphatic imine (C=N–C) groups is 1. The van der Waals surface area contributed by atoms with E-state index in [1.54, 1.807) is 0 Å². The Hall–Kier alpha value is -2.21. The number of ether oxygens (including phenoxy) is 1. The third kappa shape index (κ3) is 9.18. The van der Waals surface area contributed by atoms with Gasteiger partial charge in [-0.3, -0.25) is 4.99 Å². The summed E-state index contributed by atoms with van der Waals surface area (Å²) < 4.78 is 5.34. The third-order valence-electron chi connectivity index (χ3n) is 11.2. The second kappa shape index (κ2) is 17.8. The molecule has 0 saturated carbocycles. The molecule has 0 bridgehead atoms. The zero-order valence-corrected chi connectivity index (χ0v) is 33.6. The maximum Gasteiger partial charge on any atom is 0.336 e. The van der Waals surface area contributed by atoms with E-state index in [9.17, 15) is 4.79 Å². The number of aryl methyl sites for hydroxylation is 1. The van der Waals surface area contributed by atoms with Gasteiger partial charge in [-0.15, -0.1) is 27.7 Å². The Morgan fingerprint density at radius 2 is 1.47 bits per heavy atom. The van der Waals surface area contributed by atoms with Crippen molar-refractivity contribution < 1.29 is 9.53 Å². The van der Waals surface area contributed by atoms with E-state index in [1.165, 1.54) is 77.5 Å². The molecule has 5 rings (SSSR count). The molecule has 0 radical (unpaired) electrons. The van der Waals surface area contributed by atoms with Crippen molar-refractivity contribution in [2.45, 2.75) is 96.3 Å². The summed E-state index contributed by atoms with van der Waals surface area (Å²) in [6.45, 7) is 9.90. The van der Waals surface area contributed by atoms with Crippen molar-refractivity contribution in [2.24, 2.45) is 10.9 Å². The van der Waals surface area contributed by atoms with Crippen LogP contribution < -0.4 is 15.9 Å². The predicted octanol–water partition coefficient (Wildman–Crippen LogP) is 8.18. The molecular weight excluding hydrogens is 657 g/mol. The molecule has 3 aromatic rings. The Morgan fingerprint density at radius 1 is 0.857 bits per heavy atom. The minimum atomic E-state index is -0.241. The van der Waals surface area contributed by atoms with Gasteiger partial charge >= 0.3 is 5.97 Å². The van der Waals surface area contributed by atoms with Gasteiger partial charge in [-0.1, -0.05) is 99.8 Å². The normalized spacial score (nSPS) is 19.8. The Morgan fingerprint density at radius 3 is 2.02 bits per heavy atom. The number of carbonyl (C=O) groups excluding carboxylic acids is 1. The van der Waals surface area contributed by atoms with E-state index in [1.807, 2.05) is 0 Å². The Labute approximate surface area is 303 Å². The Kier molecular flexibility index (Phi) is 13.8. The van der Waals surface area contributed by atoms with Crippen LogP contribution in [0.5, 0.6) is 0 Å². The number of nitrogens with zero attached hydrogens (tertiary/aromatic N) is 2. The van der Waals surface area contributed by atoms with Crippen LogP contribution in [0.4, 0.5) is 0 Å². The molecule has 2 aliphatic heterocycles. The van der Waals surface area contributed by atoms with Crippen LogP contribution in [0.1, 0.15) is 107 Å². The number of allylic oxidation sites excluding steroid dienone is 1. The fourth-order valence-electron chi connectivity index (χ4n) is 8.15. The summed E-state index contributed by atoms with van der Waals surface area (Å²) >= 11 is 0. The van der Waals surface area contributed by atoms with Gasteiger partial charge in [-0.05, 0) is 116 Å². The van der Waals surface area contributed by atoms with Crippen molar-refractivity contribution >= 4 is 55.3 Å². The van der Waals surface area contributed by atoms with Gasteiger partial charge < -0.3 is 9.64 Å². The van der Waals surface area contributed by atoms with E-state index in [4.69, 9.17) is 9.73 Å². The number of carbonyl (C=O) groups is 1. The fraction of sp³-hybridized carbons (Fsp3) is 0.476. The lowest BCUT2D eigenvalue weighted by Gasteiger charge is -2.43. The van der Waals surface area contributed by atoms with Crippen molar-refractivity contribution in [3.8, 4) is 0 Å². The summed E-state index contributed by atoms with van der Waals surface area (Å²) in [6, 6.07) is 25.0. The van der Waals surface area contributed by atoms with Crippen molar-refractivity contribution in [2.75, 3.05) is 26.7 Å². The highest BCUT2D eigenvalue weighted by Crippen LogP contribution is 2.42. The van der Waals surface area contributed by atoms with Crippen LogP contribution in [0.25, 0.3) is 0 Å². The molecule has 5 atom stereocenters. The summed E-state index contributed by atoms with van der Waals surface area (Å²) in [5.41, 5.74) is 8.28. The van der Waals surface area contributed by atoms with E-state index in [0.717, 1.165) is 68.6 Å². The molecule has 1 fully saturated rings. The van der Waals surface area contributed by atoms with Gasteiger partial charge in [-0.25, -0.2) is 4.79 Å². The molecular formula is C42H57N2O2P3. The molecule has 2 heterocycles. The highest BCUT2D eigenvalue weighted by Gasteiger charge is 2.38. The standard InChI is InChI=1S/C42H57N2O2P3/c1-5-30-12-13-32(28-39(30)49)37-27-31(29(3)43-38(6-2)40(37)41(45)46-4)11-9-7-8-10-24-44-25-22-42(23-26-44,33-14-18-35(47)19-15-33)34-16-20-36(48)21-17-34/h12-21,28,31,37H,5-11,22-27,47-49H2,1-4H3. The zero-order valence-electron chi connectivity index (χ0n) is 30.1. The number of hydrogen-bond acceptors (Lipinski definition) is 4. The van der Waals surface area contributed by atoms with Gasteiger partial charge in [0.1, 0.15) is 0 Å². The number of rotatable bonds is 13. The lowest BCUT2D eigenvalue weighted by Crippen LogP contribution is -2.43. The molecule has 0 aromatic heterocycles. The predicted molar refractivity (Wildman–Crippen MR) is 220 cm³/mol. The summed E-state index contributed by atoms with van der Waals surface area (Å²) in [6.07, 6.45) is 10.9. The molecule has 3 aromatic carbocycles. The Bertz CT molecular complexity index is 1580. The molecule has 49 heavy (non-hydrogen) atoms. The van der Waals surface area contributed by atoms with Gasteiger partial charge in [-0.2, -0.15) is 0 Å². The van der Waals surface area contributed by atoms with E-state index in [2.05, 4.69) is 120 Å². The molecule has 7 heteroatoms. The molecule has 5 unspecified atom stereocenters. The largest absolute Gasteiger partial charge is 0.466 e. The summed E-state index contributed by atoms with van der Waals surface area (Å²) in [5.74, 6) is 0.0981. The summed E-state index contributed by atoms with van der Waals surface area (Å²) in [5, 5.41) is 3.69. The van der Waals surface area contributed by atoms with Gasteiger partial charge in [0.05, 0.1) is 18.4 Å². The monoisotopic (exact) mass is 714 g/mol. The first-order valence-electron chi connectivity index (χ1n) is 18.4. The first kappa shape index (κ1) is 38.0. The van der Waals surface area contributed by atoms with E-state index in [-0.39, 0.29) is 17.3 Å². The molecule has 0 N–H and O–H groups in total. The third-order valence-corrected chi connectivity index (χ3v) is 12.5. The molecule has 0 aliphatic carbocycles. The van der Waals surface area contributed by atoms with Crippen LogP contribution in [-0.2, 0) is 21.4 Å². The smallest absolute Gasteiger partial charge is 0.336 e. The average Bonchev–Trinajstić information content (AvgIpc) is 3.26. The molecule has 0 spiro atoms. The molecule has 4 nitrogen and oxygen atoms in total. The van der Waals surface area contributed by atoms with Crippen LogP contribution >= 0.6 is 27.7 Å².